The van der Waals surface area contributed by atoms with Crippen molar-refractivity contribution in [3.63, 3.8) is 0 Å². The summed E-state index contributed by atoms with van der Waals surface area (Å²) in [5.74, 6) is -6.44. The number of hydrogen-bond acceptors (Lipinski definition) is 5. The minimum atomic E-state index is -5.61. The van der Waals surface area contributed by atoms with E-state index in [-0.39, 0.29) is 5.56 Å². The number of likely N-dealkylation sites (N-methyl/N-ethyl adjacent to an activating group) is 1. The van der Waals surface area contributed by atoms with Gasteiger partial charge in [-0.1, -0.05) is 54.6 Å². The largest absolute Gasteiger partial charge is 0.491 e. The Labute approximate surface area is 224 Å². The van der Waals surface area contributed by atoms with E-state index in [0.29, 0.717) is 23.1 Å². The second-order valence-corrected chi connectivity index (χ2v) is 8.70. The van der Waals surface area contributed by atoms with Crippen molar-refractivity contribution in [3.05, 3.63) is 89.0 Å². The Hall–Kier alpha value is -4.56. The zero-order valence-electron chi connectivity index (χ0n) is 20.4. The number of ether oxygens (including phenoxy) is 1. The molecule has 41 heavy (non-hydrogen) atoms. The van der Waals surface area contributed by atoms with E-state index in [1.54, 1.807) is 0 Å². The zero-order valence-corrected chi connectivity index (χ0v) is 20.4. The van der Waals surface area contributed by atoms with Crippen molar-refractivity contribution in [3.8, 4) is 16.9 Å². The molecule has 0 fully saturated rings. The van der Waals surface area contributed by atoms with Crippen LogP contribution >= 0.6 is 0 Å². The minimum absolute atomic E-state index is 0.197. The Bertz CT molecular complexity index is 1550. The number of carbonyl (C=O) groups is 2. The molecule has 3 aromatic carbocycles. The van der Waals surface area contributed by atoms with Gasteiger partial charge in [0.2, 0.25) is 0 Å². The highest BCUT2D eigenvalue weighted by Gasteiger charge is 2.59. The lowest BCUT2D eigenvalue weighted by atomic mass is 9.75. The summed E-state index contributed by atoms with van der Waals surface area (Å²) in [4.78, 5) is 29.6. The Balaban J connectivity index is 2.24. The number of nitrogens with zero attached hydrogens (tertiary/aromatic N) is 2. The molecule has 15 heteroatoms. The maximum atomic E-state index is 14.9. The number of amides is 1. The first kappa shape index (κ1) is 29.4. The highest BCUT2D eigenvalue weighted by Crippen LogP contribution is 2.54. The number of para-hydroxylation sites is 1. The van der Waals surface area contributed by atoms with Gasteiger partial charge >= 0.3 is 24.5 Å². The fraction of sp³-hybridized carbons (Fsp3) is 0.192. The van der Waals surface area contributed by atoms with Crippen molar-refractivity contribution in [1.82, 2.24) is 4.90 Å². The van der Waals surface area contributed by atoms with Gasteiger partial charge in [-0.3, -0.25) is 9.69 Å². The second kappa shape index (κ2) is 9.82. The van der Waals surface area contributed by atoms with Gasteiger partial charge in [-0.25, -0.2) is 9.79 Å². The molecule has 1 heterocycles. The molecule has 1 unspecified atom stereocenters. The number of halogens is 9. The van der Waals surface area contributed by atoms with Gasteiger partial charge in [-0.15, -0.1) is 0 Å². The van der Waals surface area contributed by atoms with Crippen LogP contribution in [0.4, 0.5) is 39.5 Å². The zero-order chi connectivity index (χ0) is 30.5. The highest BCUT2D eigenvalue weighted by atomic mass is 19.4. The maximum absolute atomic E-state index is 14.9. The van der Waals surface area contributed by atoms with Crippen molar-refractivity contribution in [1.29, 1.82) is 0 Å². The summed E-state index contributed by atoms with van der Waals surface area (Å²) < 4.78 is 132. The number of hydrogen-bond donors (Lipinski definition) is 1. The summed E-state index contributed by atoms with van der Waals surface area (Å²) in [7, 11) is 0.898. The molecule has 1 amide bonds. The molecule has 0 radical (unpaired) electrons. The summed E-state index contributed by atoms with van der Waals surface area (Å²) in [6.07, 6.45) is -16.7. The van der Waals surface area contributed by atoms with Gasteiger partial charge in [0.15, 0.2) is 11.5 Å². The molecule has 0 spiro atoms. The minimum Gasteiger partial charge on any atom is -0.419 e. The average molecular weight is 589 g/mol. The Kier molecular flexibility index (Phi) is 7.04. The molecule has 1 atom stereocenters. The van der Waals surface area contributed by atoms with E-state index in [1.807, 2.05) is 0 Å². The SMILES string of the molecule is CN1C(=O)C(c2ccccc2OC(=O)C(F)(F)F)(c2c(C(F)(F)F)ccc(-c3ccccc3)c2C(F)(F)F)N=C1N. The van der Waals surface area contributed by atoms with E-state index in [0.717, 1.165) is 25.2 Å². The van der Waals surface area contributed by atoms with Crippen molar-refractivity contribution in [2.75, 3.05) is 7.05 Å². The van der Waals surface area contributed by atoms with Crippen molar-refractivity contribution < 1.29 is 53.8 Å². The van der Waals surface area contributed by atoms with E-state index < -0.39 is 75.5 Å². The highest BCUT2D eigenvalue weighted by molar-refractivity contribution is 6.10. The number of rotatable bonds is 4. The van der Waals surface area contributed by atoms with Crippen molar-refractivity contribution in [2.24, 2.45) is 10.7 Å². The first-order valence-electron chi connectivity index (χ1n) is 11.3. The fourth-order valence-corrected chi connectivity index (χ4v) is 4.49. The molecule has 6 nitrogen and oxygen atoms in total. The molecule has 3 aromatic rings. The van der Waals surface area contributed by atoms with E-state index in [9.17, 15) is 49.1 Å². The number of guanidine groups is 1. The van der Waals surface area contributed by atoms with Crippen LogP contribution < -0.4 is 10.5 Å². The molecule has 0 aliphatic carbocycles. The van der Waals surface area contributed by atoms with Gasteiger partial charge in [0.1, 0.15) is 5.75 Å². The smallest absolute Gasteiger partial charge is 0.419 e. The molecule has 4 rings (SSSR count). The van der Waals surface area contributed by atoms with Crippen LogP contribution in [0.15, 0.2) is 71.7 Å². The second-order valence-electron chi connectivity index (χ2n) is 8.70. The predicted molar refractivity (Wildman–Crippen MR) is 125 cm³/mol. The molecule has 216 valence electrons. The van der Waals surface area contributed by atoms with Gasteiger partial charge in [0.05, 0.1) is 11.1 Å². The quantitative estimate of drug-likeness (QED) is 0.234. The van der Waals surface area contributed by atoms with Gasteiger partial charge < -0.3 is 10.5 Å². The summed E-state index contributed by atoms with van der Waals surface area (Å²) in [5, 5.41) is 0. The first-order chi connectivity index (χ1) is 18.9. The number of nitrogens with two attached hydrogens (primary N) is 1. The van der Waals surface area contributed by atoms with E-state index in [4.69, 9.17) is 5.73 Å². The van der Waals surface area contributed by atoms with Crippen molar-refractivity contribution >= 4 is 17.8 Å². The molecule has 0 bridgehead atoms. The van der Waals surface area contributed by atoms with Crippen LogP contribution in [-0.4, -0.2) is 36.0 Å². The normalized spacial score (nSPS) is 18.0. The molecule has 0 saturated heterocycles. The van der Waals surface area contributed by atoms with Crippen LogP contribution in [-0.2, 0) is 27.5 Å². The lowest BCUT2D eigenvalue weighted by molar-refractivity contribution is -0.189. The monoisotopic (exact) mass is 589 g/mol. The number of esters is 1. The topological polar surface area (TPSA) is 85.0 Å². The van der Waals surface area contributed by atoms with Crippen LogP contribution in [0.5, 0.6) is 5.75 Å². The van der Waals surface area contributed by atoms with Gasteiger partial charge in [-0.2, -0.15) is 39.5 Å². The molecule has 0 saturated carbocycles. The van der Waals surface area contributed by atoms with Crippen LogP contribution in [0, 0.1) is 0 Å². The van der Waals surface area contributed by atoms with Crippen LogP contribution in [0.3, 0.4) is 0 Å². The van der Waals surface area contributed by atoms with E-state index in [1.165, 1.54) is 30.3 Å². The summed E-state index contributed by atoms with van der Waals surface area (Å²) in [6.45, 7) is 0. The lowest BCUT2D eigenvalue weighted by Gasteiger charge is -2.33. The number of carbonyl (C=O) groups excluding carboxylic acids is 2. The molecule has 1 aliphatic rings. The Morgan fingerprint density at radius 2 is 1.44 bits per heavy atom. The van der Waals surface area contributed by atoms with Crippen molar-refractivity contribution in [2.45, 2.75) is 24.1 Å². The van der Waals surface area contributed by atoms with Gasteiger partial charge in [0, 0.05) is 18.2 Å². The number of aliphatic imine (C=N–C) groups is 1. The van der Waals surface area contributed by atoms with E-state index in [2.05, 4.69) is 9.73 Å². The molecule has 1 aliphatic heterocycles. The first-order valence-corrected chi connectivity index (χ1v) is 11.3. The Morgan fingerprint density at radius 1 is 0.854 bits per heavy atom. The fourth-order valence-electron chi connectivity index (χ4n) is 4.49. The molecule has 0 aromatic heterocycles. The van der Waals surface area contributed by atoms with Gasteiger partial charge in [0.25, 0.3) is 5.91 Å². The third kappa shape index (κ3) is 5.07. The van der Waals surface area contributed by atoms with Crippen LogP contribution in [0.1, 0.15) is 22.3 Å². The summed E-state index contributed by atoms with van der Waals surface area (Å²) >= 11 is 0. The number of benzene rings is 3. The maximum Gasteiger partial charge on any atom is 0.491 e. The molecular weight excluding hydrogens is 573 g/mol. The average Bonchev–Trinajstić information content (AvgIpc) is 3.11. The van der Waals surface area contributed by atoms with Crippen LogP contribution in [0.25, 0.3) is 11.1 Å². The lowest BCUT2D eigenvalue weighted by Crippen LogP contribution is -2.44. The number of alkyl halides is 9. The third-order valence-corrected chi connectivity index (χ3v) is 6.19. The Morgan fingerprint density at radius 3 is 1.95 bits per heavy atom. The van der Waals surface area contributed by atoms with Gasteiger partial charge in [-0.05, 0) is 23.3 Å². The standard InChI is InChI=1S/C26H16F9N3O3/c1-38-20(39)23(37-22(38)36,15-9-5-6-10-17(15)41-21(40)26(33,34)35)19-16(24(27,28)29)12-11-14(18(19)25(30,31)32)13-7-3-2-4-8-13/h2-12H,1H3,(H2,36,37). The predicted octanol–water partition coefficient (Wildman–Crippen LogP) is 5.89. The van der Waals surface area contributed by atoms with E-state index >= 15 is 0 Å². The summed E-state index contributed by atoms with van der Waals surface area (Å²) in [6, 6.07) is 10.7. The van der Waals surface area contributed by atoms with Crippen LogP contribution in [0.2, 0.25) is 0 Å². The molecular formula is C26H16F9N3O3. The third-order valence-electron chi connectivity index (χ3n) is 6.19. The molecule has 2 N–H and O–H groups in total. The summed E-state index contributed by atoms with van der Waals surface area (Å²) in [5.41, 5.74) is -5.36.